The number of rotatable bonds is 12. The Bertz CT molecular complexity index is 887. The Morgan fingerprint density at radius 2 is 1.68 bits per heavy atom. The van der Waals surface area contributed by atoms with Crippen molar-refractivity contribution in [1.29, 1.82) is 0 Å². The van der Waals surface area contributed by atoms with Crippen molar-refractivity contribution in [3.63, 3.8) is 0 Å². The van der Waals surface area contributed by atoms with Crippen molar-refractivity contribution >= 4 is 6.09 Å². The van der Waals surface area contributed by atoms with Crippen LogP contribution < -0.4 is 5.32 Å². The van der Waals surface area contributed by atoms with E-state index < -0.39 is 0 Å². The molecule has 4 aliphatic carbocycles. The van der Waals surface area contributed by atoms with Crippen LogP contribution >= 0.6 is 0 Å². The number of alkyl carbamates (subject to hydrolysis) is 1. The summed E-state index contributed by atoms with van der Waals surface area (Å²) in [6.45, 7) is 23.2. The highest BCUT2D eigenvalue weighted by molar-refractivity contribution is 5.67. The molecular weight excluding hydrogens is 504 g/mol. The first-order chi connectivity index (χ1) is 19.4. The summed E-state index contributed by atoms with van der Waals surface area (Å²) >= 11 is 0. The molecule has 0 heterocycles. The van der Waals surface area contributed by atoms with Crippen molar-refractivity contribution < 1.29 is 9.53 Å². The summed E-state index contributed by atoms with van der Waals surface area (Å²) in [6, 6.07) is 1.05. The number of carbonyl (C=O) groups excluding carboxylic acids is 1. The zero-order chi connectivity index (χ0) is 29.9. The zero-order valence-corrected chi connectivity index (χ0v) is 28.4. The third-order valence-corrected chi connectivity index (χ3v) is 12.7. The van der Waals surface area contributed by atoms with Crippen molar-refractivity contribution in [1.82, 2.24) is 10.2 Å². The summed E-state index contributed by atoms with van der Waals surface area (Å²) < 4.78 is 5.99. The van der Waals surface area contributed by atoms with E-state index in [1.807, 2.05) is 0 Å². The number of hydrogen-bond acceptors (Lipinski definition) is 3. The number of allylic oxidation sites excluding steroid dienone is 1. The maximum absolute atomic E-state index is 12.7. The van der Waals surface area contributed by atoms with Crippen LogP contribution in [0.4, 0.5) is 4.79 Å². The molecule has 4 rings (SSSR count). The third kappa shape index (κ3) is 7.21. The Kier molecular flexibility index (Phi) is 11.0. The molecule has 0 aromatic rings. The van der Waals surface area contributed by atoms with E-state index in [9.17, 15) is 4.79 Å². The lowest BCUT2D eigenvalue weighted by Crippen LogP contribution is -2.51. The average Bonchev–Trinajstić information content (AvgIpc) is 3.25. The summed E-state index contributed by atoms with van der Waals surface area (Å²) in [5.41, 5.74) is 2.45. The first-order valence-corrected chi connectivity index (χ1v) is 17.8. The number of nitrogens with zero attached hydrogens (tertiary/aromatic N) is 1. The quantitative estimate of drug-likeness (QED) is 0.188. The second-order valence-electron chi connectivity index (χ2n) is 16.3. The summed E-state index contributed by atoms with van der Waals surface area (Å²) in [5, 5.41) is 3.04. The van der Waals surface area contributed by atoms with Crippen molar-refractivity contribution in [3.05, 3.63) is 11.6 Å². The van der Waals surface area contributed by atoms with Crippen LogP contribution in [-0.2, 0) is 4.74 Å². The van der Waals surface area contributed by atoms with Crippen molar-refractivity contribution in [3.8, 4) is 0 Å². The van der Waals surface area contributed by atoms with Gasteiger partial charge in [0.05, 0.1) is 0 Å². The molecule has 0 spiro atoms. The van der Waals surface area contributed by atoms with Gasteiger partial charge in [-0.25, -0.2) is 4.79 Å². The predicted octanol–water partition coefficient (Wildman–Crippen LogP) is 9.63. The lowest BCUT2D eigenvalue weighted by Gasteiger charge is -2.58. The topological polar surface area (TPSA) is 41.6 Å². The van der Waals surface area contributed by atoms with Gasteiger partial charge in [0.25, 0.3) is 0 Å². The van der Waals surface area contributed by atoms with Gasteiger partial charge in [0.15, 0.2) is 0 Å². The number of hydrogen-bond donors (Lipinski definition) is 1. The summed E-state index contributed by atoms with van der Waals surface area (Å²) in [7, 11) is 0. The number of ether oxygens (including phenoxy) is 1. The summed E-state index contributed by atoms with van der Waals surface area (Å²) in [6.07, 6.45) is 17.7. The minimum Gasteiger partial charge on any atom is -0.446 e. The first kappa shape index (κ1) is 32.9. The van der Waals surface area contributed by atoms with Gasteiger partial charge in [-0.15, -0.1) is 0 Å². The molecule has 0 radical (unpaired) electrons. The molecule has 3 saturated carbocycles. The molecule has 1 N–H and O–H groups in total. The SMILES string of the molecule is CC(C)CCC[C@@H](C)[C@H]1CC[C@H]2[C@@H]3CC=C4CC(OC(=O)NCCCN(C(C)C)C(C)C)CC[C@]4(C)[C@H]3CC[C@]12C. The Hall–Kier alpha value is -1.03. The van der Waals surface area contributed by atoms with E-state index >= 15 is 0 Å². The molecule has 4 heteroatoms. The molecule has 8 atom stereocenters. The Morgan fingerprint density at radius 1 is 0.951 bits per heavy atom. The fraction of sp³-hybridized carbons (Fsp3) is 0.919. The molecule has 3 fully saturated rings. The number of amides is 1. The van der Waals surface area contributed by atoms with Crippen LogP contribution in [0.25, 0.3) is 0 Å². The number of nitrogens with one attached hydrogen (secondary N) is 1. The monoisotopic (exact) mass is 571 g/mol. The Labute approximate surface area is 254 Å². The summed E-state index contributed by atoms with van der Waals surface area (Å²) in [4.78, 5) is 15.1. The molecule has 0 bridgehead atoms. The van der Waals surface area contributed by atoms with Gasteiger partial charge >= 0.3 is 6.09 Å². The number of carbonyl (C=O) groups is 1. The molecule has 4 aliphatic rings. The highest BCUT2D eigenvalue weighted by Crippen LogP contribution is 2.67. The van der Waals surface area contributed by atoms with Gasteiger partial charge in [-0.2, -0.15) is 0 Å². The van der Waals surface area contributed by atoms with Gasteiger partial charge in [0.2, 0.25) is 0 Å². The second kappa shape index (κ2) is 13.7. The van der Waals surface area contributed by atoms with Crippen LogP contribution in [-0.4, -0.2) is 42.3 Å². The molecule has 0 saturated heterocycles. The van der Waals surface area contributed by atoms with Crippen molar-refractivity contribution in [2.45, 2.75) is 158 Å². The Balaban J connectivity index is 1.29. The average molecular weight is 571 g/mol. The Morgan fingerprint density at radius 3 is 2.37 bits per heavy atom. The predicted molar refractivity (Wildman–Crippen MR) is 173 cm³/mol. The fourth-order valence-corrected chi connectivity index (χ4v) is 10.5. The molecule has 236 valence electrons. The first-order valence-electron chi connectivity index (χ1n) is 17.8. The molecule has 0 aromatic carbocycles. The normalized spacial score (nSPS) is 35.7. The lowest BCUT2D eigenvalue weighted by atomic mass is 9.47. The number of fused-ring (bicyclic) bond motifs is 5. The largest absolute Gasteiger partial charge is 0.446 e. The van der Waals surface area contributed by atoms with E-state index in [0.29, 0.717) is 29.5 Å². The van der Waals surface area contributed by atoms with Crippen LogP contribution in [0, 0.1) is 46.3 Å². The van der Waals surface area contributed by atoms with Crippen LogP contribution in [0.15, 0.2) is 11.6 Å². The highest BCUT2D eigenvalue weighted by Gasteiger charge is 2.59. The van der Waals surface area contributed by atoms with Crippen molar-refractivity contribution in [2.75, 3.05) is 13.1 Å². The van der Waals surface area contributed by atoms with Gasteiger partial charge in [-0.1, -0.05) is 65.5 Å². The van der Waals surface area contributed by atoms with Crippen LogP contribution in [0.5, 0.6) is 0 Å². The minimum absolute atomic E-state index is 0.0325. The maximum Gasteiger partial charge on any atom is 0.407 e. The molecule has 1 unspecified atom stereocenters. The third-order valence-electron chi connectivity index (χ3n) is 12.7. The van der Waals surface area contributed by atoms with Gasteiger partial charge in [0.1, 0.15) is 6.10 Å². The van der Waals surface area contributed by atoms with Gasteiger partial charge in [-0.05, 0) is 125 Å². The van der Waals surface area contributed by atoms with E-state index in [0.717, 1.165) is 61.3 Å². The molecule has 41 heavy (non-hydrogen) atoms. The van der Waals surface area contributed by atoms with E-state index in [1.165, 1.54) is 57.8 Å². The van der Waals surface area contributed by atoms with Crippen molar-refractivity contribution in [2.24, 2.45) is 46.3 Å². The lowest BCUT2D eigenvalue weighted by molar-refractivity contribution is -0.0581. The maximum atomic E-state index is 12.7. The van der Waals surface area contributed by atoms with Gasteiger partial charge < -0.3 is 10.1 Å². The van der Waals surface area contributed by atoms with Gasteiger partial charge in [-0.3, -0.25) is 4.90 Å². The summed E-state index contributed by atoms with van der Waals surface area (Å²) in [5.74, 6) is 5.19. The van der Waals surface area contributed by atoms with E-state index in [4.69, 9.17) is 4.74 Å². The van der Waals surface area contributed by atoms with Crippen LogP contribution in [0.3, 0.4) is 0 Å². The van der Waals surface area contributed by atoms with Crippen LogP contribution in [0.2, 0.25) is 0 Å². The van der Waals surface area contributed by atoms with E-state index in [-0.39, 0.29) is 12.2 Å². The minimum atomic E-state index is -0.221. The molecular formula is C37H66N2O2. The van der Waals surface area contributed by atoms with Gasteiger partial charge in [0, 0.05) is 31.6 Å². The molecule has 0 aliphatic heterocycles. The highest BCUT2D eigenvalue weighted by atomic mass is 16.6. The second-order valence-corrected chi connectivity index (χ2v) is 16.3. The fourth-order valence-electron chi connectivity index (χ4n) is 10.5. The van der Waals surface area contributed by atoms with Crippen LogP contribution in [0.1, 0.15) is 139 Å². The smallest absolute Gasteiger partial charge is 0.407 e. The zero-order valence-electron chi connectivity index (χ0n) is 28.4. The standard InChI is InChI=1S/C37H66N2O2/c1-25(2)12-10-13-28(7)32-16-17-33-31-15-14-29-24-30(18-20-36(29,8)34(31)19-21-37(32,33)9)41-35(40)38-22-11-23-39(26(3)4)27(5)6/h14,25-28,30-34H,10-13,15-24H2,1-9H3,(H,38,40)/t28-,30?,31+,32-,33+,34+,36+,37-/m1/s1. The molecule has 0 aromatic heterocycles. The molecule has 4 nitrogen and oxygen atoms in total. The van der Waals surface area contributed by atoms with E-state index in [2.05, 4.69) is 78.6 Å². The van der Waals surface area contributed by atoms with E-state index in [1.54, 1.807) is 5.57 Å². The molecule has 1 amide bonds.